The molecule has 0 aliphatic carbocycles. The van der Waals surface area contributed by atoms with E-state index in [9.17, 15) is 0 Å². The molecule has 0 saturated carbocycles. The van der Waals surface area contributed by atoms with E-state index in [0.717, 1.165) is 55.9 Å². The van der Waals surface area contributed by atoms with E-state index in [-0.39, 0.29) is 0 Å². The highest BCUT2D eigenvalue weighted by Gasteiger charge is 2.42. The molecule has 0 amide bonds. The minimum absolute atomic E-state index is 0.668. The molecule has 0 unspecified atom stereocenters. The third-order valence-corrected chi connectivity index (χ3v) is 30.3. The summed E-state index contributed by atoms with van der Waals surface area (Å²) < 4.78 is 85.5. The SMILES string of the molecule is CCCCCCCCCCCC[Si](OC)(OC)OCC.CCCCCCCCCCCC[Si](OCC)(OCC)OCC.CCCCCC[Si](OC)(OC)OCC.CCCCCC[Si](OCC)(OCC)OCC.CCCCCC[Si](OCC)(OCC)OCC. The minimum atomic E-state index is -2.39. The second kappa shape index (κ2) is 74.9. The Morgan fingerprint density at radius 1 is 0.148 bits per heavy atom. The Balaban J connectivity index is -0.000000329. The predicted molar refractivity (Wildman–Crippen MR) is 385 cm³/mol. The Morgan fingerprint density at radius 2 is 0.261 bits per heavy atom. The standard InChI is InChI=1S/C18H40O3Si.C16H36O3Si.2C12H28O3Si.C10H24O3Si/c1-5-9-10-11-12-13-14-15-16-17-18-22(19-6-2,20-7-3)21-8-4;1-5-7-8-9-10-11-12-13-14-15-16-20(17-3,18-4)19-6-2;2*1-5-9-10-11-12-16(13-6-2,14-7-3)15-8-4;1-5-7-8-9-10-14(11-3,12-4)13-6-2/h5-18H2,1-4H3;5-16H2,1-4H3;2*5-12H2,1-4H3;5-10H2,1-4H3. The summed E-state index contributed by atoms with van der Waals surface area (Å²) in [5.41, 5.74) is 0. The first kappa shape index (κ1) is 97.2. The zero-order valence-corrected chi connectivity index (χ0v) is 67.6. The molecule has 0 aliphatic heterocycles. The Bertz CT molecular complexity index is 1200. The molecule has 20 heteroatoms. The van der Waals surface area contributed by atoms with Crippen LogP contribution in [0.15, 0.2) is 0 Å². The number of hydrogen-bond acceptors (Lipinski definition) is 15. The zero-order chi connectivity index (χ0) is 67.0. The highest BCUT2D eigenvalue weighted by Crippen LogP contribution is 2.25. The summed E-state index contributed by atoms with van der Waals surface area (Å²) in [6.07, 6.45) is 41.9. The lowest BCUT2D eigenvalue weighted by molar-refractivity contribution is 0.0698. The topological polar surface area (TPSA) is 138 Å². The van der Waals surface area contributed by atoms with E-state index in [0.29, 0.717) is 72.7 Å². The van der Waals surface area contributed by atoms with Crippen LogP contribution in [0.4, 0.5) is 0 Å². The van der Waals surface area contributed by atoms with Gasteiger partial charge in [-0.1, -0.05) is 208 Å². The van der Waals surface area contributed by atoms with E-state index in [4.69, 9.17) is 66.4 Å². The molecule has 0 aliphatic rings. The first-order valence-electron chi connectivity index (χ1n) is 37.0. The van der Waals surface area contributed by atoms with Gasteiger partial charge in [0.05, 0.1) is 0 Å². The fourth-order valence-corrected chi connectivity index (χ4v) is 22.6. The van der Waals surface area contributed by atoms with Gasteiger partial charge in [0.15, 0.2) is 0 Å². The fraction of sp³-hybridized carbons (Fsp3) is 1.00. The van der Waals surface area contributed by atoms with E-state index >= 15 is 0 Å². The van der Waals surface area contributed by atoms with Gasteiger partial charge in [0.25, 0.3) is 0 Å². The number of unbranched alkanes of at least 4 members (excludes halogenated alkanes) is 27. The van der Waals surface area contributed by atoms with Crippen LogP contribution in [0.3, 0.4) is 0 Å². The van der Waals surface area contributed by atoms with Crippen molar-refractivity contribution in [1.29, 1.82) is 0 Å². The molecular weight excluding hydrogens is 1200 g/mol. The molecule has 0 fully saturated rings. The third-order valence-electron chi connectivity index (χ3n) is 14.9. The number of hydrogen-bond donors (Lipinski definition) is 0. The van der Waals surface area contributed by atoms with Gasteiger partial charge in [0.2, 0.25) is 0 Å². The van der Waals surface area contributed by atoms with Crippen molar-refractivity contribution in [3.05, 3.63) is 0 Å². The van der Waals surface area contributed by atoms with E-state index < -0.39 is 44.0 Å². The molecule has 0 aromatic rings. The van der Waals surface area contributed by atoms with Crippen LogP contribution in [0.25, 0.3) is 0 Å². The summed E-state index contributed by atoms with van der Waals surface area (Å²) in [6, 6.07) is 4.78. The van der Waals surface area contributed by atoms with Gasteiger partial charge in [-0.2, -0.15) is 0 Å². The van der Waals surface area contributed by atoms with Crippen LogP contribution in [0, 0.1) is 0 Å². The van der Waals surface area contributed by atoms with Crippen molar-refractivity contribution in [2.45, 2.75) is 346 Å². The fourth-order valence-electron chi connectivity index (χ4n) is 10.4. The van der Waals surface area contributed by atoms with E-state index in [1.165, 1.54) is 180 Å². The van der Waals surface area contributed by atoms with Gasteiger partial charge in [-0.15, -0.1) is 0 Å². The van der Waals surface area contributed by atoms with Gasteiger partial charge in [-0.05, 0) is 108 Å². The average molecular weight is 1350 g/mol. The molecule has 0 atom stereocenters. The Morgan fingerprint density at radius 3 is 0.398 bits per heavy atom. The zero-order valence-electron chi connectivity index (χ0n) is 62.6. The molecule has 0 aromatic heterocycles. The van der Waals surface area contributed by atoms with Crippen LogP contribution in [-0.2, 0) is 66.4 Å². The van der Waals surface area contributed by atoms with Gasteiger partial charge in [-0.25, -0.2) is 0 Å². The largest absolute Gasteiger partial charge is 0.500 e. The van der Waals surface area contributed by atoms with Crippen LogP contribution < -0.4 is 0 Å². The molecule has 0 heterocycles. The van der Waals surface area contributed by atoms with Crippen LogP contribution in [0.2, 0.25) is 30.2 Å². The van der Waals surface area contributed by atoms with Crippen LogP contribution in [-0.4, -0.2) is 145 Å². The summed E-state index contributed by atoms with van der Waals surface area (Å²) in [6.45, 7) is 40.8. The summed E-state index contributed by atoms with van der Waals surface area (Å²) in [7, 11) is -4.91. The molecule has 0 saturated heterocycles. The molecule has 0 radical (unpaired) electrons. The second-order valence-electron chi connectivity index (χ2n) is 22.3. The predicted octanol–water partition coefficient (Wildman–Crippen LogP) is 21.2. The van der Waals surface area contributed by atoms with E-state index in [1.54, 1.807) is 28.4 Å². The van der Waals surface area contributed by atoms with Crippen LogP contribution in [0.5, 0.6) is 0 Å². The minimum Gasteiger partial charge on any atom is -0.377 e. The maximum atomic E-state index is 5.89. The van der Waals surface area contributed by atoms with Crippen molar-refractivity contribution in [1.82, 2.24) is 0 Å². The molecular formula is C68H156O15Si5. The maximum absolute atomic E-state index is 5.89. The molecule has 0 spiro atoms. The van der Waals surface area contributed by atoms with Crippen molar-refractivity contribution in [3.8, 4) is 0 Å². The van der Waals surface area contributed by atoms with Gasteiger partial charge in [0, 0.05) is 131 Å². The van der Waals surface area contributed by atoms with Crippen molar-refractivity contribution in [2.75, 3.05) is 101 Å². The third kappa shape index (κ3) is 59.0. The lowest BCUT2D eigenvalue weighted by Crippen LogP contribution is -2.45. The quantitative estimate of drug-likeness (QED) is 0.0421. The van der Waals surface area contributed by atoms with E-state index in [2.05, 4.69) is 34.6 Å². The molecule has 88 heavy (non-hydrogen) atoms. The summed E-state index contributed by atoms with van der Waals surface area (Å²) >= 11 is 0. The van der Waals surface area contributed by atoms with Gasteiger partial charge in [0.1, 0.15) is 0 Å². The van der Waals surface area contributed by atoms with Crippen molar-refractivity contribution in [3.63, 3.8) is 0 Å². The highest BCUT2D eigenvalue weighted by molar-refractivity contribution is 6.62. The normalized spacial score (nSPS) is 12.0. The molecule has 15 nitrogen and oxygen atoms in total. The molecule has 0 aromatic carbocycles. The second-order valence-corrected chi connectivity index (χ2v) is 36.4. The average Bonchev–Trinajstić information content (AvgIpc) is 3.63. The Kier molecular flexibility index (Phi) is 82.7. The van der Waals surface area contributed by atoms with Gasteiger partial charge < -0.3 is 66.4 Å². The smallest absolute Gasteiger partial charge is 0.377 e. The first-order valence-corrected chi connectivity index (χ1v) is 46.6. The Hall–Kier alpha value is 0.484. The summed E-state index contributed by atoms with van der Waals surface area (Å²) in [4.78, 5) is 0. The van der Waals surface area contributed by atoms with Crippen LogP contribution in [0.1, 0.15) is 316 Å². The van der Waals surface area contributed by atoms with Crippen molar-refractivity contribution >= 4 is 44.0 Å². The van der Waals surface area contributed by atoms with Crippen molar-refractivity contribution < 1.29 is 66.4 Å². The van der Waals surface area contributed by atoms with Crippen LogP contribution >= 0.6 is 0 Å². The molecule has 0 rings (SSSR count). The van der Waals surface area contributed by atoms with Gasteiger partial charge in [-0.3, -0.25) is 0 Å². The molecule has 0 bridgehead atoms. The summed E-state index contributed by atoms with van der Waals surface area (Å²) in [5, 5.41) is 0. The van der Waals surface area contributed by atoms with Gasteiger partial charge >= 0.3 is 44.0 Å². The molecule has 538 valence electrons. The van der Waals surface area contributed by atoms with E-state index in [1.807, 2.05) is 76.2 Å². The summed E-state index contributed by atoms with van der Waals surface area (Å²) in [5.74, 6) is 0. The lowest BCUT2D eigenvalue weighted by Gasteiger charge is -2.28. The van der Waals surface area contributed by atoms with Crippen molar-refractivity contribution in [2.24, 2.45) is 0 Å². The number of rotatable bonds is 63. The Labute approximate surface area is 555 Å². The molecule has 0 N–H and O–H groups in total. The highest BCUT2D eigenvalue weighted by atomic mass is 28.4. The first-order chi connectivity index (χ1) is 42.7. The maximum Gasteiger partial charge on any atom is 0.500 e. The lowest BCUT2D eigenvalue weighted by atomic mass is 10.1. The monoisotopic (exact) mass is 1350 g/mol.